The first-order valence-corrected chi connectivity index (χ1v) is 9.10. The van der Waals surface area contributed by atoms with E-state index in [2.05, 4.69) is 22.2 Å². The second kappa shape index (κ2) is 11.0. The molecule has 0 saturated carbocycles. The van der Waals surface area contributed by atoms with Crippen LogP contribution in [0, 0.1) is 10.8 Å². The van der Waals surface area contributed by atoms with Crippen molar-refractivity contribution in [3.63, 3.8) is 0 Å². The Labute approximate surface area is 163 Å². The van der Waals surface area contributed by atoms with Crippen LogP contribution in [0.2, 0.25) is 0 Å². The monoisotopic (exact) mass is 380 g/mol. The molecule has 2 atom stereocenters. The molecule has 0 aliphatic carbocycles. The molecule has 0 heterocycles. The summed E-state index contributed by atoms with van der Waals surface area (Å²) in [7, 11) is 2.79. The molecule has 3 N–H and O–H groups in total. The summed E-state index contributed by atoms with van der Waals surface area (Å²) in [5, 5.41) is 3.35. The van der Waals surface area contributed by atoms with Gasteiger partial charge >= 0.3 is 11.9 Å². The highest BCUT2D eigenvalue weighted by molar-refractivity contribution is 5.77. The molecule has 0 aromatic heterocycles. The van der Waals surface area contributed by atoms with Crippen molar-refractivity contribution in [3.05, 3.63) is 35.9 Å². The predicted octanol–water partition coefficient (Wildman–Crippen LogP) is 2.90. The van der Waals surface area contributed by atoms with E-state index in [-0.39, 0.29) is 24.0 Å². The molecule has 0 saturated heterocycles. The minimum atomic E-state index is -0.575. The van der Waals surface area contributed by atoms with Gasteiger partial charge < -0.3 is 20.5 Å². The van der Waals surface area contributed by atoms with E-state index in [1.54, 1.807) is 20.8 Å². The molecule has 0 aliphatic rings. The number of esters is 2. The van der Waals surface area contributed by atoms with Gasteiger partial charge in [-0.3, -0.25) is 9.59 Å². The smallest absolute Gasteiger partial charge is 0.312 e. The van der Waals surface area contributed by atoms with Crippen molar-refractivity contribution in [1.82, 2.24) is 5.32 Å². The molecule has 6 nitrogen and oxygen atoms in total. The molecule has 1 aromatic carbocycles. The van der Waals surface area contributed by atoms with Crippen molar-refractivity contribution in [1.29, 1.82) is 0 Å². The first-order valence-electron chi connectivity index (χ1n) is 9.10. The predicted molar refractivity (Wildman–Crippen MR) is 108 cm³/mol. The Balaban J connectivity index is 0.000000580. The van der Waals surface area contributed by atoms with Crippen LogP contribution < -0.4 is 11.1 Å². The van der Waals surface area contributed by atoms with Gasteiger partial charge in [-0.2, -0.15) is 0 Å². The maximum Gasteiger partial charge on any atom is 0.312 e. The van der Waals surface area contributed by atoms with Crippen molar-refractivity contribution in [2.24, 2.45) is 16.6 Å². The van der Waals surface area contributed by atoms with Gasteiger partial charge in [0.15, 0.2) is 0 Å². The van der Waals surface area contributed by atoms with Crippen LogP contribution in [-0.2, 0) is 25.6 Å². The third-order valence-corrected chi connectivity index (χ3v) is 5.10. The molecular weight excluding hydrogens is 344 g/mol. The molecule has 154 valence electrons. The van der Waals surface area contributed by atoms with E-state index in [9.17, 15) is 9.59 Å². The Bertz CT molecular complexity index is 583. The van der Waals surface area contributed by atoms with E-state index < -0.39 is 10.8 Å². The third-order valence-electron chi connectivity index (χ3n) is 5.10. The van der Waals surface area contributed by atoms with Crippen LogP contribution in [0.3, 0.4) is 0 Å². The fraction of sp³-hybridized carbons (Fsp3) is 0.619. The molecule has 0 spiro atoms. The van der Waals surface area contributed by atoms with E-state index in [0.29, 0.717) is 0 Å². The van der Waals surface area contributed by atoms with Crippen molar-refractivity contribution in [2.75, 3.05) is 14.2 Å². The zero-order chi connectivity index (χ0) is 21.3. The number of benzene rings is 1. The van der Waals surface area contributed by atoms with Crippen LogP contribution in [0.25, 0.3) is 0 Å². The van der Waals surface area contributed by atoms with Gasteiger partial charge in [0, 0.05) is 18.6 Å². The molecule has 1 aromatic rings. The Morgan fingerprint density at radius 2 is 1.41 bits per heavy atom. The van der Waals surface area contributed by atoms with Crippen molar-refractivity contribution in [2.45, 2.75) is 60.2 Å². The van der Waals surface area contributed by atoms with E-state index >= 15 is 0 Å². The number of ether oxygens (including phenoxy) is 2. The minimum absolute atomic E-state index is 0.0511. The summed E-state index contributed by atoms with van der Waals surface area (Å²) in [4.78, 5) is 22.6. The van der Waals surface area contributed by atoms with Gasteiger partial charge in [0.2, 0.25) is 0 Å². The van der Waals surface area contributed by atoms with Crippen LogP contribution >= 0.6 is 0 Å². The molecule has 0 bridgehead atoms. The average Bonchev–Trinajstić information content (AvgIpc) is 2.65. The van der Waals surface area contributed by atoms with Crippen molar-refractivity contribution >= 4 is 11.9 Å². The molecule has 0 radical (unpaired) electrons. The highest BCUT2D eigenvalue weighted by Crippen LogP contribution is 2.22. The van der Waals surface area contributed by atoms with Crippen LogP contribution in [-0.4, -0.2) is 38.2 Å². The molecular formula is C21H36N2O4. The van der Waals surface area contributed by atoms with Crippen molar-refractivity contribution < 1.29 is 19.1 Å². The van der Waals surface area contributed by atoms with Crippen molar-refractivity contribution in [3.8, 4) is 0 Å². The fourth-order valence-corrected chi connectivity index (χ4v) is 2.01. The molecule has 0 aliphatic heterocycles. The zero-order valence-corrected chi connectivity index (χ0v) is 18.0. The third kappa shape index (κ3) is 7.69. The molecule has 0 fully saturated rings. The summed E-state index contributed by atoms with van der Waals surface area (Å²) in [5.41, 5.74) is 5.66. The lowest BCUT2D eigenvalue weighted by atomic mass is 9.85. The van der Waals surface area contributed by atoms with Gasteiger partial charge in [0.1, 0.15) is 0 Å². The number of rotatable bonds is 7. The average molecular weight is 381 g/mol. The maximum absolute atomic E-state index is 11.6. The Hall–Kier alpha value is -1.92. The lowest BCUT2D eigenvalue weighted by molar-refractivity contribution is -0.152. The summed E-state index contributed by atoms with van der Waals surface area (Å²) in [6, 6.07) is 10.00. The highest BCUT2D eigenvalue weighted by atomic mass is 16.5. The number of carbonyl (C=O) groups excluding carboxylic acids is 2. The molecule has 27 heavy (non-hydrogen) atoms. The number of nitrogens with one attached hydrogen (secondary N) is 1. The number of hydrogen-bond donors (Lipinski definition) is 2. The molecule has 0 amide bonds. The largest absolute Gasteiger partial charge is 0.469 e. The SMILES string of the molecule is COC(=O)C(C)(C)C(C)N.COC(=O)C(C)(C)C(C)NCc1ccccc1. The number of hydrogen-bond acceptors (Lipinski definition) is 6. The number of nitrogens with two attached hydrogens (primary N) is 1. The van der Waals surface area contributed by atoms with E-state index in [4.69, 9.17) is 10.5 Å². The van der Waals surface area contributed by atoms with Gasteiger partial charge in [-0.25, -0.2) is 0 Å². The lowest BCUT2D eigenvalue weighted by Crippen LogP contribution is -2.44. The normalized spacial score (nSPS) is 13.7. The van der Waals surface area contributed by atoms with Gasteiger partial charge in [0.05, 0.1) is 25.0 Å². The van der Waals surface area contributed by atoms with Gasteiger partial charge in [-0.15, -0.1) is 0 Å². The Kier molecular flexibility index (Phi) is 10.3. The highest BCUT2D eigenvalue weighted by Gasteiger charge is 2.34. The Morgan fingerprint density at radius 3 is 1.78 bits per heavy atom. The van der Waals surface area contributed by atoms with Crippen LogP contribution in [0.5, 0.6) is 0 Å². The standard InChI is InChI=1S/C14H21NO2.C7H15NO2/c1-11(14(2,3)13(16)17-4)15-10-12-8-6-5-7-9-12;1-5(8)7(2,3)6(9)10-4/h5-9,11,15H,10H2,1-4H3;5H,8H2,1-4H3. The van der Waals surface area contributed by atoms with Gasteiger partial charge in [-0.1, -0.05) is 30.3 Å². The minimum Gasteiger partial charge on any atom is -0.469 e. The Morgan fingerprint density at radius 1 is 0.963 bits per heavy atom. The zero-order valence-electron chi connectivity index (χ0n) is 18.0. The fourth-order valence-electron chi connectivity index (χ4n) is 2.01. The lowest BCUT2D eigenvalue weighted by Gasteiger charge is -2.29. The van der Waals surface area contributed by atoms with Crippen LogP contribution in [0.15, 0.2) is 30.3 Å². The van der Waals surface area contributed by atoms with Crippen LogP contribution in [0.4, 0.5) is 0 Å². The van der Waals surface area contributed by atoms with E-state index in [0.717, 1.165) is 6.54 Å². The summed E-state index contributed by atoms with van der Waals surface area (Å²) in [6.45, 7) is 11.9. The first kappa shape index (κ1) is 25.1. The second-order valence-corrected chi connectivity index (χ2v) is 7.80. The summed E-state index contributed by atoms with van der Waals surface area (Å²) < 4.78 is 9.37. The van der Waals surface area contributed by atoms with Gasteiger partial charge in [-0.05, 0) is 47.1 Å². The summed E-state index contributed by atoms with van der Waals surface area (Å²) in [5.74, 6) is -0.451. The molecule has 6 heteroatoms. The van der Waals surface area contributed by atoms with E-state index in [1.807, 2.05) is 39.0 Å². The summed E-state index contributed by atoms with van der Waals surface area (Å²) in [6.07, 6.45) is 0. The topological polar surface area (TPSA) is 90.7 Å². The second-order valence-electron chi connectivity index (χ2n) is 7.80. The quantitative estimate of drug-likeness (QED) is 0.707. The summed E-state index contributed by atoms with van der Waals surface area (Å²) >= 11 is 0. The maximum atomic E-state index is 11.6. The van der Waals surface area contributed by atoms with Gasteiger partial charge in [0.25, 0.3) is 0 Å². The number of carbonyl (C=O) groups is 2. The molecule has 1 rings (SSSR count). The van der Waals surface area contributed by atoms with Crippen LogP contribution in [0.1, 0.15) is 47.1 Å². The number of methoxy groups -OCH3 is 2. The molecule has 2 unspecified atom stereocenters. The van der Waals surface area contributed by atoms with E-state index in [1.165, 1.54) is 19.8 Å². The first-order chi connectivity index (χ1) is 12.4.